The monoisotopic (exact) mass is 368 g/mol. The van der Waals surface area contributed by atoms with Gasteiger partial charge in [-0.2, -0.15) is 0 Å². The zero-order valence-electron chi connectivity index (χ0n) is 16.2. The summed E-state index contributed by atoms with van der Waals surface area (Å²) in [5.74, 6) is 0.983. The summed E-state index contributed by atoms with van der Waals surface area (Å²) in [4.78, 5) is 15.1. The third kappa shape index (κ3) is 5.23. The van der Waals surface area contributed by atoms with Gasteiger partial charge in [-0.15, -0.1) is 0 Å². The minimum atomic E-state index is -0.178. The van der Waals surface area contributed by atoms with Gasteiger partial charge >= 0.3 is 0 Å². The number of ether oxygens (including phenoxy) is 2. The predicted molar refractivity (Wildman–Crippen MR) is 106 cm³/mol. The second kappa shape index (κ2) is 9.42. The first kappa shape index (κ1) is 19.2. The molecule has 1 saturated heterocycles. The molecule has 144 valence electrons. The van der Waals surface area contributed by atoms with Crippen molar-refractivity contribution < 1.29 is 14.3 Å². The Balaban J connectivity index is 1.57. The van der Waals surface area contributed by atoms with Crippen molar-refractivity contribution in [3.8, 4) is 11.5 Å². The quantitative estimate of drug-likeness (QED) is 0.811. The number of amides is 1. The van der Waals surface area contributed by atoms with Crippen molar-refractivity contribution in [3.05, 3.63) is 59.2 Å². The summed E-state index contributed by atoms with van der Waals surface area (Å²) in [6.45, 7) is 3.87. The van der Waals surface area contributed by atoms with Crippen LogP contribution in [-0.4, -0.2) is 38.1 Å². The molecule has 0 aliphatic carbocycles. The number of carbonyl (C=O) groups excluding carboxylic acids is 1. The van der Waals surface area contributed by atoms with Gasteiger partial charge in [0.15, 0.2) is 0 Å². The van der Waals surface area contributed by atoms with Gasteiger partial charge in [0.05, 0.1) is 19.8 Å². The first-order valence-corrected chi connectivity index (χ1v) is 9.50. The Morgan fingerprint density at radius 3 is 2.33 bits per heavy atom. The van der Waals surface area contributed by atoms with Gasteiger partial charge in [-0.25, -0.2) is 0 Å². The van der Waals surface area contributed by atoms with Crippen molar-refractivity contribution in [2.45, 2.75) is 32.4 Å². The number of nitrogens with one attached hydrogen (secondary N) is 1. The molecule has 0 radical (unpaired) electrons. The molecule has 0 spiro atoms. The molecule has 1 N–H and O–H groups in total. The van der Waals surface area contributed by atoms with Crippen molar-refractivity contribution in [3.63, 3.8) is 0 Å². The molecule has 2 aromatic rings. The Morgan fingerprint density at radius 2 is 1.67 bits per heavy atom. The van der Waals surface area contributed by atoms with Crippen molar-refractivity contribution in [2.75, 3.05) is 27.3 Å². The molecule has 27 heavy (non-hydrogen) atoms. The number of piperidine rings is 1. The first-order chi connectivity index (χ1) is 13.2. The van der Waals surface area contributed by atoms with E-state index in [0.717, 1.165) is 12.1 Å². The molecule has 1 heterocycles. The number of carbonyl (C=O) groups is 1. The highest BCUT2D eigenvalue weighted by Gasteiger charge is 2.14. The molecule has 0 atom stereocenters. The first-order valence-electron chi connectivity index (χ1n) is 9.50. The maximum Gasteiger partial charge on any atom is 0.255 e. The Labute approximate surface area is 161 Å². The van der Waals surface area contributed by atoms with Gasteiger partial charge in [-0.3, -0.25) is 9.69 Å². The van der Waals surface area contributed by atoms with Crippen molar-refractivity contribution in [1.29, 1.82) is 0 Å². The fraction of sp³-hybridized carbons (Fsp3) is 0.409. The van der Waals surface area contributed by atoms with Gasteiger partial charge in [0.25, 0.3) is 5.91 Å². The topological polar surface area (TPSA) is 50.8 Å². The second-order valence-corrected chi connectivity index (χ2v) is 6.90. The van der Waals surface area contributed by atoms with Crippen LogP contribution < -0.4 is 14.8 Å². The standard InChI is InChI=1S/C22H28N2O3/c1-26-19-10-11-21(27-2)20(14-19)22(25)23-15-17-6-8-18(9-7-17)16-24-12-4-3-5-13-24/h6-11,14H,3-5,12-13,15-16H2,1-2H3,(H,23,25). The second-order valence-electron chi connectivity index (χ2n) is 6.90. The van der Waals surface area contributed by atoms with E-state index in [1.54, 1.807) is 32.4 Å². The Bertz CT molecular complexity index is 753. The van der Waals surface area contributed by atoms with Gasteiger partial charge in [-0.05, 0) is 55.3 Å². The maximum atomic E-state index is 12.5. The van der Waals surface area contributed by atoms with E-state index < -0.39 is 0 Å². The molecule has 3 rings (SSSR count). The lowest BCUT2D eigenvalue weighted by atomic mass is 10.1. The highest BCUT2D eigenvalue weighted by molar-refractivity contribution is 5.97. The average molecular weight is 368 g/mol. The van der Waals surface area contributed by atoms with E-state index >= 15 is 0 Å². The van der Waals surface area contributed by atoms with Crippen LogP contribution in [-0.2, 0) is 13.1 Å². The van der Waals surface area contributed by atoms with E-state index in [0.29, 0.717) is 23.6 Å². The third-order valence-corrected chi connectivity index (χ3v) is 4.98. The van der Waals surface area contributed by atoms with Gasteiger partial charge in [0.1, 0.15) is 11.5 Å². The zero-order valence-corrected chi connectivity index (χ0v) is 16.2. The molecule has 0 bridgehead atoms. The summed E-state index contributed by atoms with van der Waals surface area (Å²) < 4.78 is 10.5. The van der Waals surface area contributed by atoms with Gasteiger partial charge < -0.3 is 14.8 Å². The van der Waals surface area contributed by atoms with E-state index in [1.165, 1.54) is 37.9 Å². The van der Waals surface area contributed by atoms with Crippen molar-refractivity contribution in [2.24, 2.45) is 0 Å². The lowest BCUT2D eigenvalue weighted by Crippen LogP contribution is -2.29. The van der Waals surface area contributed by atoms with Crippen LogP contribution >= 0.6 is 0 Å². The molecular weight excluding hydrogens is 340 g/mol. The van der Waals surface area contributed by atoms with E-state index in [1.807, 2.05) is 0 Å². The van der Waals surface area contributed by atoms with Crippen molar-refractivity contribution in [1.82, 2.24) is 10.2 Å². The Kier molecular flexibility index (Phi) is 6.71. The summed E-state index contributed by atoms with van der Waals surface area (Å²) in [6, 6.07) is 13.7. The van der Waals surface area contributed by atoms with Crippen LogP contribution in [0.5, 0.6) is 11.5 Å². The fourth-order valence-electron chi connectivity index (χ4n) is 3.41. The largest absolute Gasteiger partial charge is 0.497 e. The minimum Gasteiger partial charge on any atom is -0.497 e. The van der Waals surface area contributed by atoms with Crippen LogP contribution in [0.15, 0.2) is 42.5 Å². The van der Waals surface area contributed by atoms with Crippen LogP contribution in [0.25, 0.3) is 0 Å². The molecule has 1 aliphatic rings. The van der Waals surface area contributed by atoms with E-state index in [-0.39, 0.29) is 5.91 Å². The third-order valence-electron chi connectivity index (χ3n) is 4.98. The molecule has 1 aliphatic heterocycles. The normalized spacial score (nSPS) is 14.6. The average Bonchev–Trinajstić information content (AvgIpc) is 2.73. The maximum absolute atomic E-state index is 12.5. The fourth-order valence-corrected chi connectivity index (χ4v) is 3.41. The lowest BCUT2D eigenvalue weighted by molar-refractivity contribution is 0.0947. The summed E-state index contributed by atoms with van der Waals surface area (Å²) in [5.41, 5.74) is 2.87. The van der Waals surface area contributed by atoms with E-state index in [9.17, 15) is 4.79 Å². The predicted octanol–water partition coefficient (Wildman–Crippen LogP) is 3.62. The van der Waals surface area contributed by atoms with Gasteiger partial charge in [0.2, 0.25) is 0 Å². The van der Waals surface area contributed by atoms with Crippen LogP contribution in [0.4, 0.5) is 0 Å². The van der Waals surface area contributed by atoms with Gasteiger partial charge in [-0.1, -0.05) is 30.7 Å². The van der Waals surface area contributed by atoms with Crippen LogP contribution in [0.2, 0.25) is 0 Å². The molecule has 1 amide bonds. The SMILES string of the molecule is COc1ccc(OC)c(C(=O)NCc2ccc(CN3CCCCC3)cc2)c1. The number of nitrogens with zero attached hydrogens (tertiary/aromatic N) is 1. The Morgan fingerprint density at radius 1 is 0.963 bits per heavy atom. The molecule has 5 heteroatoms. The summed E-state index contributed by atoms with van der Waals surface area (Å²) in [6.07, 6.45) is 3.96. The Hall–Kier alpha value is -2.53. The van der Waals surface area contributed by atoms with Crippen molar-refractivity contribution >= 4 is 5.91 Å². The number of likely N-dealkylation sites (tertiary alicyclic amines) is 1. The van der Waals surface area contributed by atoms with Crippen LogP contribution in [0, 0.1) is 0 Å². The molecule has 5 nitrogen and oxygen atoms in total. The molecule has 1 fully saturated rings. The number of methoxy groups -OCH3 is 2. The van der Waals surface area contributed by atoms with E-state index in [4.69, 9.17) is 9.47 Å². The van der Waals surface area contributed by atoms with Gasteiger partial charge in [0, 0.05) is 13.1 Å². The number of benzene rings is 2. The number of hydrogen-bond donors (Lipinski definition) is 1. The zero-order chi connectivity index (χ0) is 19.1. The highest BCUT2D eigenvalue weighted by Crippen LogP contribution is 2.24. The molecular formula is C22H28N2O3. The molecule has 0 unspecified atom stereocenters. The number of rotatable bonds is 7. The highest BCUT2D eigenvalue weighted by atomic mass is 16.5. The minimum absolute atomic E-state index is 0.178. The molecule has 2 aromatic carbocycles. The van der Waals surface area contributed by atoms with Crippen LogP contribution in [0.3, 0.4) is 0 Å². The van der Waals surface area contributed by atoms with E-state index in [2.05, 4.69) is 34.5 Å². The van der Waals surface area contributed by atoms with Crippen LogP contribution in [0.1, 0.15) is 40.7 Å². The molecule has 0 aromatic heterocycles. The summed E-state index contributed by atoms with van der Waals surface area (Å²) >= 11 is 0. The smallest absolute Gasteiger partial charge is 0.255 e. The number of hydrogen-bond acceptors (Lipinski definition) is 4. The summed E-state index contributed by atoms with van der Waals surface area (Å²) in [5, 5.41) is 2.96. The molecule has 0 saturated carbocycles. The summed E-state index contributed by atoms with van der Waals surface area (Å²) in [7, 11) is 3.13. The lowest BCUT2D eigenvalue weighted by Gasteiger charge is -2.26.